The van der Waals surface area contributed by atoms with Crippen LogP contribution in [0.5, 0.6) is 0 Å². The van der Waals surface area contributed by atoms with E-state index in [2.05, 4.69) is 25.9 Å². The number of hydrogen-bond donors (Lipinski definition) is 3. The molecule has 0 saturated heterocycles. The van der Waals surface area contributed by atoms with Crippen LogP contribution in [0.25, 0.3) is 0 Å². The maximum Gasteiger partial charge on any atom is 0.260 e. The van der Waals surface area contributed by atoms with Crippen LogP contribution in [0.3, 0.4) is 0 Å². The molecule has 2 atom stereocenters. The highest BCUT2D eigenvalue weighted by Gasteiger charge is 2.27. The van der Waals surface area contributed by atoms with E-state index in [4.69, 9.17) is 4.74 Å². The highest BCUT2D eigenvalue weighted by molar-refractivity contribution is 6.03. The third-order valence-electron chi connectivity index (χ3n) is 4.79. The van der Waals surface area contributed by atoms with E-state index < -0.39 is 0 Å². The fraction of sp³-hybridized carbons (Fsp3) is 0.600. The Balaban J connectivity index is 0.000000438. The molecule has 29 heavy (non-hydrogen) atoms. The minimum Gasteiger partial charge on any atom is -0.381 e. The summed E-state index contributed by atoms with van der Waals surface area (Å²) < 4.78 is 7.16. The molecular formula is C20H32N6O3. The Morgan fingerprint density at radius 3 is 2.62 bits per heavy atom. The van der Waals surface area contributed by atoms with Crippen LogP contribution in [-0.2, 0) is 9.53 Å². The molecule has 9 heteroatoms. The summed E-state index contributed by atoms with van der Waals surface area (Å²) in [6.45, 7) is 7.86. The smallest absolute Gasteiger partial charge is 0.260 e. The predicted molar refractivity (Wildman–Crippen MR) is 111 cm³/mol. The number of hydrogen-bond acceptors (Lipinski definition) is 5. The Hall–Kier alpha value is -2.68. The highest BCUT2D eigenvalue weighted by atomic mass is 16.5. The van der Waals surface area contributed by atoms with Crippen LogP contribution in [0.15, 0.2) is 18.5 Å². The lowest BCUT2D eigenvalue weighted by Crippen LogP contribution is -2.19. The Morgan fingerprint density at radius 1 is 1.34 bits per heavy atom. The lowest BCUT2D eigenvalue weighted by molar-refractivity contribution is -0.109. The van der Waals surface area contributed by atoms with Gasteiger partial charge in [0.25, 0.3) is 5.91 Å². The first kappa shape index (κ1) is 22.6. The van der Waals surface area contributed by atoms with Crippen molar-refractivity contribution in [3.05, 3.63) is 29.7 Å². The molecule has 9 nitrogen and oxygen atoms in total. The molecule has 1 saturated carbocycles. The number of ether oxygens (including phenoxy) is 1. The van der Waals surface area contributed by atoms with E-state index in [1.807, 2.05) is 33.8 Å². The standard InChI is InChI=1S/C16H23N5O2.C4H9NO/c1-10(2)21-9-12(8-17-21)16(22)18-15-7-14(19-20-15)11-4-5-13(6-11)23-3;1-4(2)5-3-6/h7-11,13H,4-6H2,1-3H3,(H2,18,19,20,22);3-4H,1-2H3,(H,5,6). The number of methoxy groups -OCH3 is 1. The number of carbonyl (C=O) groups is 2. The fourth-order valence-corrected chi connectivity index (χ4v) is 3.11. The Morgan fingerprint density at radius 2 is 2.10 bits per heavy atom. The van der Waals surface area contributed by atoms with Crippen LogP contribution >= 0.6 is 0 Å². The topological polar surface area (TPSA) is 114 Å². The largest absolute Gasteiger partial charge is 0.381 e. The second-order valence-electron chi connectivity index (χ2n) is 7.77. The van der Waals surface area contributed by atoms with E-state index in [1.165, 1.54) is 0 Å². The molecule has 1 aliphatic carbocycles. The number of amides is 2. The molecule has 160 valence electrons. The molecule has 1 fully saturated rings. The van der Waals surface area contributed by atoms with Crippen LogP contribution in [-0.4, -0.2) is 51.6 Å². The maximum absolute atomic E-state index is 12.2. The van der Waals surface area contributed by atoms with Gasteiger partial charge in [0, 0.05) is 43.1 Å². The van der Waals surface area contributed by atoms with Gasteiger partial charge in [0.05, 0.1) is 17.9 Å². The number of aromatic nitrogens is 4. The van der Waals surface area contributed by atoms with Gasteiger partial charge in [0.2, 0.25) is 6.41 Å². The van der Waals surface area contributed by atoms with Crippen LogP contribution in [0, 0.1) is 0 Å². The molecule has 2 unspecified atom stereocenters. The molecule has 0 aliphatic heterocycles. The summed E-state index contributed by atoms with van der Waals surface area (Å²) in [6.07, 6.45) is 7.48. The average Bonchev–Trinajstić information content (AvgIpc) is 3.41. The summed E-state index contributed by atoms with van der Waals surface area (Å²) in [5.41, 5.74) is 1.58. The van der Waals surface area contributed by atoms with Crippen LogP contribution in [0.4, 0.5) is 5.82 Å². The van der Waals surface area contributed by atoms with Gasteiger partial charge in [-0.05, 0) is 47.0 Å². The molecule has 3 N–H and O–H groups in total. The molecule has 0 spiro atoms. The van der Waals surface area contributed by atoms with Crippen molar-refractivity contribution in [1.82, 2.24) is 25.3 Å². The Bertz CT molecular complexity index is 783. The van der Waals surface area contributed by atoms with Gasteiger partial charge in [0.15, 0.2) is 5.82 Å². The quantitative estimate of drug-likeness (QED) is 0.614. The highest BCUT2D eigenvalue weighted by Crippen LogP contribution is 2.35. The zero-order valence-corrected chi connectivity index (χ0v) is 17.8. The third kappa shape index (κ3) is 6.70. The summed E-state index contributed by atoms with van der Waals surface area (Å²) >= 11 is 0. The first-order valence-corrected chi connectivity index (χ1v) is 9.97. The maximum atomic E-state index is 12.2. The molecule has 2 aromatic heterocycles. The van der Waals surface area contributed by atoms with Gasteiger partial charge in [-0.1, -0.05) is 0 Å². The third-order valence-corrected chi connectivity index (χ3v) is 4.79. The molecular weight excluding hydrogens is 372 g/mol. The average molecular weight is 405 g/mol. The van der Waals surface area contributed by atoms with E-state index >= 15 is 0 Å². The molecule has 1 aliphatic rings. The number of carbonyl (C=O) groups excluding carboxylic acids is 2. The van der Waals surface area contributed by atoms with Crippen LogP contribution < -0.4 is 10.6 Å². The van der Waals surface area contributed by atoms with E-state index in [9.17, 15) is 9.59 Å². The summed E-state index contributed by atoms with van der Waals surface area (Å²) in [4.78, 5) is 21.7. The molecule has 2 amide bonds. The first-order chi connectivity index (χ1) is 13.8. The molecule has 3 rings (SSSR count). The molecule has 0 aromatic carbocycles. The zero-order valence-electron chi connectivity index (χ0n) is 17.8. The summed E-state index contributed by atoms with van der Waals surface area (Å²) in [5.74, 6) is 0.765. The number of anilines is 1. The number of H-pyrrole nitrogens is 1. The molecule has 2 aromatic rings. The number of nitrogens with one attached hydrogen (secondary N) is 3. The van der Waals surface area contributed by atoms with Gasteiger partial charge in [-0.15, -0.1) is 0 Å². The van der Waals surface area contributed by atoms with Crippen molar-refractivity contribution in [3.63, 3.8) is 0 Å². The normalized spacial score (nSPS) is 18.4. The van der Waals surface area contributed by atoms with Crippen molar-refractivity contribution in [2.45, 2.75) is 71.1 Å². The first-order valence-electron chi connectivity index (χ1n) is 9.97. The van der Waals surface area contributed by atoms with Crippen molar-refractivity contribution in [3.8, 4) is 0 Å². The van der Waals surface area contributed by atoms with Crippen molar-refractivity contribution in [2.24, 2.45) is 0 Å². The van der Waals surface area contributed by atoms with Gasteiger partial charge in [-0.2, -0.15) is 10.2 Å². The SMILES string of the molecule is CC(C)NC=O.COC1CCC(c2cc(NC(=O)c3cnn(C(C)C)c3)n[nH]2)C1. The monoisotopic (exact) mass is 404 g/mol. The summed E-state index contributed by atoms with van der Waals surface area (Å²) in [5, 5.41) is 16.7. The number of rotatable bonds is 7. The molecule has 0 bridgehead atoms. The van der Waals surface area contributed by atoms with E-state index in [-0.39, 0.29) is 18.0 Å². The lowest BCUT2D eigenvalue weighted by Gasteiger charge is -2.07. The van der Waals surface area contributed by atoms with Gasteiger partial charge in [0.1, 0.15) is 0 Å². The minimum atomic E-state index is -0.198. The number of aromatic amines is 1. The zero-order chi connectivity index (χ0) is 21.4. The minimum absolute atomic E-state index is 0.198. The van der Waals surface area contributed by atoms with Crippen LogP contribution in [0.1, 0.15) is 75.0 Å². The fourth-order valence-electron chi connectivity index (χ4n) is 3.11. The predicted octanol–water partition coefficient (Wildman–Crippen LogP) is 2.86. The van der Waals surface area contributed by atoms with Crippen molar-refractivity contribution >= 4 is 18.1 Å². The Labute approximate surface area is 171 Å². The molecule has 2 heterocycles. The lowest BCUT2D eigenvalue weighted by atomic mass is 10.0. The summed E-state index contributed by atoms with van der Waals surface area (Å²) in [7, 11) is 1.75. The summed E-state index contributed by atoms with van der Waals surface area (Å²) in [6, 6.07) is 2.42. The van der Waals surface area contributed by atoms with Crippen LogP contribution in [0.2, 0.25) is 0 Å². The van der Waals surface area contributed by atoms with Gasteiger partial charge >= 0.3 is 0 Å². The van der Waals surface area contributed by atoms with Crippen molar-refractivity contribution in [1.29, 1.82) is 0 Å². The number of nitrogens with zero attached hydrogens (tertiary/aromatic N) is 3. The van der Waals surface area contributed by atoms with Gasteiger partial charge < -0.3 is 15.4 Å². The Kier molecular flexibility index (Phi) is 8.38. The van der Waals surface area contributed by atoms with Crippen molar-refractivity contribution < 1.29 is 14.3 Å². The second-order valence-corrected chi connectivity index (χ2v) is 7.77. The van der Waals surface area contributed by atoms with E-state index in [1.54, 1.807) is 24.2 Å². The van der Waals surface area contributed by atoms with Gasteiger partial charge in [-0.3, -0.25) is 19.4 Å². The van der Waals surface area contributed by atoms with Gasteiger partial charge in [-0.25, -0.2) is 0 Å². The second kappa shape index (κ2) is 10.8. The van der Waals surface area contributed by atoms with E-state index in [0.717, 1.165) is 25.0 Å². The van der Waals surface area contributed by atoms with Crippen molar-refractivity contribution in [2.75, 3.05) is 12.4 Å². The molecule has 0 radical (unpaired) electrons. The van der Waals surface area contributed by atoms with E-state index in [0.29, 0.717) is 29.8 Å².